The molecule has 0 aliphatic rings. The standard InChI is InChI=1S/C25H32N4O4/c1-5-7-12-22-27-24(25(32-3,33-4)15-6-2)28-29(22)17-18-13-14-21(26-16-18)19-10-8-9-11-20(19)23(30)31/h8-11,13-14,16H,5-7,12,15,17H2,1-4H3,(H,30,31). The Balaban J connectivity index is 1.91. The van der Waals surface area contributed by atoms with Crippen LogP contribution in [-0.4, -0.2) is 45.0 Å². The van der Waals surface area contributed by atoms with E-state index in [9.17, 15) is 9.90 Å². The maximum atomic E-state index is 11.5. The van der Waals surface area contributed by atoms with Gasteiger partial charge in [-0.15, -0.1) is 5.10 Å². The molecule has 0 unspecified atom stereocenters. The Hall–Kier alpha value is -3.10. The van der Waals surface area contributed by atoms with Crippen LogP contribution in [0.2, 0.25) is 0 Å². The third-order valence-electron chi connectivity index (χ3n) is 5.67. The Bertz CT molecular complexity index is 1060. The molecule has 0 saturated heterocycles. The second-order valence-electron chi connectivity index (χ2n) is 7.93. The van der Waals surface area contributed by atoms with E-state index < -0.39 is 11.8 Å². The molecule has 0 radical (unpaired) electrons. The fourth-order valence-corrected chi connectivity index (χ4v) is 3.84. The van der Waals surface area contributed by atoms with E-state index in [0.29, 0.717) is 30.0 Å². The first-order valence-electron chi connectivity index (χ1n) is 11.3. The third-order valence-corrected chi connectivity index (χ3v) is 5.67. The molecular formula is C25H32N4O4. The largest absolute Gasteiger partial charge is 0.478 e. The summed E-state index contributed by atoms with van der Waals surface area (Å²) in [4.78, 5) is 20.9. The second-order valence-corrected chi connectivity index (χ2v) is 7.93. The number of carboxylic acids is 1. The molecule has 0 saturated carbocycles. The number of hydrogen-bond acceptors (Lipinski definition) is 6. The monoisotopic (exact) mass is 452 g/mol. The molecule has 3 rings (SSSR count). The van der Waals surface area contributed by atoms with Gasteiger partial charge in [-0.25, -0.2) is 14.5 Å². The molecule has 8 heteroatoms. The molecule has 8 nitrogen and oxygen atoms in total. The number of methoxy groups -OCH3 is 2. The molecular weight excluding hydrogens is 420 g/mol. The molecule has 0 spiro atoms. The summed E-state index contributed by atoms with van der Waals surface area (Å²) < 4.78 is 13.3. The molecule has 0 aliphatic carbocycles. The number of aromatic carboxylic acids is 1. The van der Waals surface area contributed by atoms with Gasteiger partial charge in [-0.1, -0.05) is 51.0 Å². The molecule has 0 bridgehead atoms. The first kappa shape index (κ1) is 24.5. The first-order chi connectivity index (χ1) is 16.0. The summed E-state index contributed by atoms with van der Waals surface area (Å²) in [5, 5.41) is 14.2. The summed E-state index contributed by atoms with van der Waals surface area (Å²) in [6.45, 7) is 4.71. The maximum absolute atomic E-state index is 11.5. The van der Waals surface area contributed by atoms with Crippen LogP contribution in [0.5, 0.6) is 0 Å². The van der Waals surface area contributed by atoms with E-state index in [1.807, 2.05) is 22.9 Å². The summed E-state index contributed by atoms with van der Waals surface area (Å²) in [5.74, 6) is -0.537. The Morgan fingerprint density at radius 2 is 1.85 bits per heavy atom. The topological polar surface area (TPSA) is 99.4 Å². The summed E-state index contributed by atoms with van der Waals surface area (Å²) in [6, 6.07) is 10.6. The average Bonchev–Trinajstić information content (AvgIpc) is 3.24. The van der Waals surface area contributed by atoms with Crippen LogP contribution in [0.15, 0.2) is 42.6 Å². The molecule has 1 N–H and O–H groups in total. The Morgan fingerprint density at radius 3 is 2.45 bits per heavy atom. The number of nitrogens with zero attached hydrogens (tertiary/aromatic N) is 4. The number of aromatic nitrogens is 4. The fourth-order valence-electron chi connectivity index (χ4n) is 3.84. The van der Waals surface area contributed by atoms with Gasteiger partial charge in [0.2, 0.25) is 11.6 Å². The van der Waals surface area contributed by atoms with Gasteiger partial charge >= 0.3 is 5.97 Å². The number of hydrogen-bond donors (Lipinski definition) is 1. The normalized spacial score (nSPS) is 11.6. The van der Waals surface area contributed by atoms with Crippen LogP contribution in [0, 0.1) is 0 Å². The summed E-state index contributed by atoms with van der Waals surface area (Å²) >= 11 is 0. The van der Waals surface area contributed by atoms with Crippen LogP contribution in [0.1, 0.15) is 67.1 Å². The number of aryl methyl sites for hydroxylation is 1. The van der Waals surface area contributed by atoms with Gasteiger partial charge in [0.05, 0.1) is 17.8 Å². The number of rotatable bonds is 12. The number of carbonyl (C=O) groups is 1. The van der Waals surface area contributed by atoms with Crippen molar-refractivity contribution in [1.29, 1.82) is 0 Å². The van der Waals surface area contributed by atoms with Crippen molar-refractivity contribution in [2.45, 2.75) is 58.3 Å². The van der Waals surface area contributed by atoms with Gasteiger partial charge < -0.3 is 14.6 Å². The summed E-state index contributed by atoms with van der Waals surface area (Å²) in [7, 11) is 3.23. The van der Waals surface area contributed by atoms with Crippen LogP contribution < -0.4 is 0 Å². The summed E-state index contributed by atoms with van der Waals surface area (Å²) in [5.41, 5.74) is 2.37. The van der Waals surface area contributed by atoms with E-state index in [-0.39, 0.29) is 5.56 Å². The Morgan fingerprint density at radius 1 is 1.09 bits per heavy atom. The number of benzene rings is 1. The molecule has 0 aliphatic heterocycles. The molecule has 1 aromatic carbocycles. The lowest BCUT2D eigenvalue weighted by molar-refractivity contribution is -0.225. The number of carboxylic acid groups (broad SMARTS) is 1. The quantitative estimate of drug-likeness (QED) is 0.399. The fraction of sp³-hybridized carbons (Fsp3) is 0.440. The lowest BCUT2D eigenvalue weighted by Gasteiger charge is -2.27. The van der Waals surface area contributed by atoms with Crippen LogP contribution in [0.3, 0.4) is 0 Å². The van der Waals surface area contributed by atoms with Gasteiger partial charge in [0.25, 0.3) is 0 Å². The van der Waals surface area contributed by atoms with E-state index in [4.69, 9.17) is 19.6 Å². The predicted molar refractivity (Wildman–Crippen MR) is 125 cm³/mol. The van der Waals surface area contributed by atoms with Crippen LogP contribution in [-0.2, 0) is 28.2 Å². The van der Waals surface area contributed by atoms with E-state index in [2.05, 4.69) is 18.8 Å². The first-order valence-corrected chi connectivity index (χ1v) is 11.3. The zero-order valence-corrected chi connectivity index (χ0v) is 19.7. The molecule has 0 amide bonds. The highest BCUT2D eigenvalue weighted by molar-refractivity contribution is 5.95. The van der Waals surface area contributed by atoms with Gasteiger partial charge in [-0.2, -0.15) is 0 Å². The minimum absolute atomic E-state index is 0.229. The smallest absolute Gasteiger partial charge is 0.336 e. The minimum Gasteiger partial charge on any atom is -0.478 e. The van der Waals surface area contributed by atoms with Gasteiger partial charge in [-0.3, -0.25) is 4.98 Å². The highest BCUT2D eigenvalue weighted by Gasteiger charge is 2.36. The molecule has 0 fully saturated rings. The SMILES string of the molecule is CCCCc1nc(C(CCC)(OC)OC)nn1Cc1ccc(-c2ccccc2C(=O)O)nc1. The van der Waals surface area contributed by atoms with Crippen molar-refractivity contribution in [2.75, 3.05) is 14.2 Å². The van der Waals surface area contributed by atoms with Crippen molar-refractivity contribution >= 4 is 5.97 Å². The molecule has 33 heavy (non-hydrogen) atoms. The van der Waals surface area contributed by atoms with Crippen molar-refractivity contribution in [3.63, 3.8) is 0 Å². The molecule has 176 valence electrons. The lowest BCUT2D eigenvalue weighted by Crippen LogP contribution is -2.32. The molecule has 0 atom stereocenters. The zero-order valence-electron chi connectivity index (χ0n) is 19.7. The average molecular weight is 453 g/mol. The third kappa shape index (κ3) is 5.46. The number of unbranched alkanes of at least 4 members (excludes halogenated alkanes) is 1. The number of ether oxygens (including phenoxy) is 2. The van der Waals surface area contributed by atoms with E-state index in [1.165, 1.54) is 0 Å². The van der Waals surface area contributed by atoms with E-state index >= 15 is 0 Å². The van der Waals surface area contributed by atoms with Crippen LogP contribution in [0.25, 0.3) is 11.3 Å². The second kappa shape index (κ2) is 11.2. The van der Waals surface area contributed by atoms with E-state index in [1.54, 1.807) is 38.6 Å². The minimum atomic E-state index is -0.973. The van der Waals surface area contributed by atoms with Crippen molar-refractivity contribution in [2.24, 2.45) is 0 Å². The van der Waals surface area contributed by atoms with E-state index in [0.717, 1.165) is 37.1 Å². The summed E-state index contributed by atoms with van der Waals surface area (Å²) in [6.07, 6.45) is 6.12. The highest BCUT2D eigenvalue weighted by Crippen LogP contribution is 2.29. The zero-order chi connectivity index (χ0) is 23.8. The van der Waals surface area contributed by atoms with Crippen molar-refractivity contribution in [3.05, 3.63) is 65.4 Å². The highest BCUT2D eigenvalue weighted by atomic mass is 16.7. The predicted octanol–water partition coefficient (Wildman–Crippen LogP) is 4.67. The van der Waals surface area contributed by atoms with Crippen molar-refractivity contribution in [1.82, 2.24) is 19.7 Å². The van der Waals surface area contributed by atoms with Gasteiger partial charge in [-0.05, 0) is 24.1 Å². The Kier molecular flexibility index (Phi) is 8.30. The molecule has 2 aromatic heterocycles. The molecule has 3 aromatic rings. The Labute approximate surface area is 194 Å². The lowest BCUT2D eigenvalue weighted by atomic mass is 10.0. The maximum Gasteiger partial charge on any atom is 0.336 e. The van der Waals surface area contributed by atoms with Gasteiger partial charge in [0, 0.05) is 38.8 Å². The van der Waals surface area contributed by atoms with Crippen LogP contribution in [0.4, 0.5) is 0 Å². The van der Waals surface area contributed by atoms with Gasteiger partial charge in [0.1, 0.15) is 5.82 Å². The molecule has 2 heterocycles. The number of pyridine rings is 1. The van der Waals surface area contributed by atoms with Crippen molar-refractivity contribution < 1.29 is 19.4 Å². The van der Waals surface area contributed by atoms with Crippen molar-refractivity contribution in [3.8, 4) is 11.3 Å². The van der Waals surface area contributed by atoms with Crippen LogP contribution >= 0.6 is 0 Å². The van der Waals surface area contributed by atoms with Gasteiger partial charge in [0.15, 0.2) is 0 Å².